The Morgan fingerprint density at radius 1 is 0.621 bits per heavy atom. The summed E-state index contributed by atoms with van der Waals surface area (Å²) in [5.41, 5.74) is 3.37. The monoisotopic (exact) mass is 391 g/mol. The Balaban J connectivity index is 1.50. The van der Waals surface area contributed by atoms with Crippen molar-refractivity contribution in [3.05, 3.63) is 108 Å². The topological polar surface area (TPSA) is 50.7 Å². The Morgan fingerprint density at radius 2 is 1.07 bits per heavy atom. The molecule has 0 unspecified atom stereocenters. The van der Waals surface area contributed by atoms with E-state index in [-0.39, 0.29) is 12.6 Å². The molecule has 0 saturated carbocycles. The summed E-state index contributed by atoms with van der Waals surface area (Å²) in [6.07, 6.45) is -0.668. The van der Waals surface area contributed by atoms with Gasteiger partial charge in [0, 0.05) is 6.54 Å². The van der Waals surface area contributed by atoms with E-state index in [0.717, 1.165) is 16.7 Å². The first-order valence-corrected chi connectivity index (χ1v) is 10.00. The summed E-state index contributed by atoms with van der Waals surface area (Å²) < 4.78 is 11.6. The van der Waals surface area contributed by atoms with Crippen molar-refractivity contribution in [3.63, 3.8) is 0 Å². The molecule has 29 heavy (non-hydrogen) atoms. The van der Waals surface area contributed by atoms with Crippen LogP contribution in [0, 0.1) is 0 Å². The molecule has 4 heteroatoms. The molecule has 0 saturated heterocycles. The van der Waals surface area contributed by atoms with Crippen LogP contribution in [0.3, 0.4) is 0 Å². The summed E-state index contributed by atoms with van der Waals surface area (Å²) in [7, 11) is 0. The minimum Gasteiger partial charge on any atom is -0.389 e. The zero-order valence-corrected chi connectivity index (χ0v) is 16.6. The van der Waals surface area contributed by atoms with Crippen LogP contribution in [0.4, 0.5) is 0 Å². The van der Waals surface area contributed by atoms with Gasteiger partial charge in [-0.1, -0.05) is 91.0 Å². The van der Waals surface area contributed by atoms with Gasteiger partial charge in [-0.3, -0.25) is 0 Å². The highest BCUT2D eigenvalue weighted by atomic mass is 16.5. The van der Waals surface area contributed by atoms with Crippen LogP contribution >= 0.6 is 0 Å². The molecule has 3 aromatic carbocycles. The second kappa shape index (κ2) is 12.1. The van der Waals surface area contributed by atoms with Crippen molar-refractivity contribution in [1.82, 2.24) is 5.32 Å². The summed E-state index contributed by atoms with van der Waals surface area (Å²) in [6.45, 7) is 2.31. The molecule has 3 aromatic rings. The molecule has 4 nitrogen and oxygen atoms in total. The van der Waals surface area contributed by atoms with Crippen LogP contribution in [0.15, 0.2) is 91.0 Å². The van der Waals surface area contributed by atoms with E-state index in [1.54, 1.807) is 0 Å². The van der Waals surface area contributed by atoms with Crippen molar-refractivity contribution < 1.29 is 14.6 Å². The Kier molecular flexibility index (Phi) is 8.88. The van der Waals surface area contributed by atoms with Gasteiger partial charge in [0.25, 0.3) is 0 Å². The largest absolute Gasteiger partial charge is 0.389 e. The standard InChI is InChI=1S/C25H29NO3/c27-25(20-29-18-23-14-8-3-9-15-23)24(26-16-21-10-4-1-5-11-21)19-28-17-22-12-6-2-7-13-22/h1-15,24-27H,16-20H2/t24-,25+/m1/s1. The second-order valence-electron chi connectivity index (χ2n) is 7.04. The Bertz CT molecular complexity index is 796. The highest BCUT2D eigenvalue weighted by molar-refractivity contribution is 5.15. The van der Waals surface area contributed by atoms with E-state index in [1.807, 2.05) is 78.9 Å². The van der Waals surface area contributed by atoms with E-state index < -0.39 is 6.10 Å². The number of aliphatic hydroxyl groups excluding tert-OH is 1. The van der Waals surface area contributed by atoms with Gasteiger partial charge in [0.05, 0.1) is 38.6 Å². The van der Waals surface area contributed by atoms with Gasteiger partial charge in [-0.25, -0.2) is 0 Å². The van der Waals surface area contributed by atoms with Crippen LogP contribution in [0.5, 0.6) is 0 Å². The van der Waals surface area contributed by atoms with E-state index in [4.69, 9.17) is 9.47 Å². The molecule has 0 amide bonds. The minimum absolute atomic E-state index is 0.227. The van der Waals surface area contributed by atoms with Gasteiger partial charge < -0.3 is 19.9 Å². The van der Waals surface area contributed by atoms with Crippen LogP contribution in [0.1, 0.15) is 16.7 Å². The quantitative estimate of drug-likeness (QED) is 0.491. The zero-order valence-electron chi connectivity index (χ0n) is 16.6. The lowest BCUT2D eigenvalue weighted by Crippen LogP contribution is -2.45. The van der Waals surface area contributed by atoms with Gasteiger partial charge in [-0.15, -0.1) is 0 Å². The molecular formula is C25H29NO3. The highest BCUT2D eigenvalue weighted by Gasteiger charge is 2.19. The number of nitrogens with one attached hydrogen (secondary N) is 1. The fraction of sp³-hybridized carbons (Fsp3) is 0.280. The fourth-order valence-corrected chi connectivity index (χ4v) is 3.02. The average molecular weight is 392 g/mol. The van der Waals surface area contributed by atoms with Gasteiger partial charge in [-0.2, -0.15) is 0 Å². The molecule has 0 fully saturated rings. The number of hydrogen-bond donors (Lipinski definition) is 2. The molecule has 0 radical (unpaired) electrons. The van der Waals surface area contributed by atoms with E-state index in [9.17, 15) is 5.11 Å². The van der Waals surface area contributed by atoms with E-state index in [0.29, 0.717) is 26.4 Å². The molecule has 0 spiro atoms. The molecule has 0 bridgehead atoms. The van der Waals surface area contributed by atoms with Gasteiger partial charge in [0.15, 0.2) is 0 Å². The van der Waals surface area contributed by atoms with Crippen molar-refractivity contribution in [2.24, 2.45) is 0 Å². The Labute approximate surface area is 173 Å². The molecule has 0 aromatic heterocycles. The lowest BCUT2D eigenvalue weighted by atomic mass is 10.1. The summed E-state index contributed by atoms with van der Waals surface area (Å²) >= 11 is 0. The maximum absolute atomic E-state index is 10.7. The summed E-state index contributed by atoms with van der Waals surface area (Å²) in [6, 6.07) is 29.9. The van der Waals surface area contributed by atoms with Crippen molar-refractivity contribution in [3.8, 4) is 0 Å². The molecule has 2 atom stereocenters. The Hall–Kier alpha value is -2.50. The summed E-state index contributed by atoms with van der Waals surface area (Å²) in [4.78, 5) is 0. The van der Waals surface area contributed by atoms with Crippen molar-refractivity contribution in [2.75, 3.05) is 13.2 Å². The maximum atomic E-state index is 10.7. The number of hydrogen-bond acceptors (Lipinski definition) is 4. The highest BCUT2D eigenvalue weighted by Crippen LogP contribution is 2.07. The number of aliphatic hydroxyl groups is 1. The first kappa shape index (κ1) is 21.2. The molecule has 2 N–H and O–H groups in total. The number of benzene rings is 3. The second-order valence-corrected chi connectivity index (χ2v) is 7.04. The Morgan fingerprint density at radius 3 is 1.59 bits per heavy atom. The molecule has 0 heterocycles. The third-order valence-corrected chi connectivity index (χ3v) is 4.68. The molecule has 0 aliphatic heterocycles. The van der Waals surface area contributed by atoms with Gasteiger partial charge in [0.1, 0.15) is 0 Å². The molecule has 152 valence electrons. The minimum atomic E-state index is -0.668. The van der Waals surface area contributed by atoms with Crippen molar-refractivity contribution in [1.29, 1.82) is 0 Å². The third-order valence-electron chi connectivity index (χ3n) is 4.68. The van der Waals surface area contributed by atoms with Crippen molar-refractivity contribution in [2.45, 2.75) is 31.9 Å². The predicted molar refractivity (Wildman–Crippen MR) is 115 cm³/mol. The first-order valence-electron chi connectivity index (χ1n) is 10.00. The fourth-order valence-electron chi connectivity index (χ4n) is 3.02. The zero-order chi connectivity index (χ0) is 20.2. The third kappa shape index (κ3) is 7.80. The molecule has 3 rings (SSSR count). The van der Waals surface area contributed by atoms with Gasteiger partial charge >= 0.3 is 0 Å². The average Bonchev–Trinajstić information content (AvgIpc) is 2.78. The predicted octanol–water partition coefficient (Wildman–Crippen LogP) is 3.94. The molecule has 0 aliphatic rings. The van der Waals surface area contributed by atoms with Gasteiger partial charge in [0.2, 0.25) is 0 Å². The normalized spacial score (nSPS) is 13.1. The summed E-state index contributed by atoms with van der Waals surface area (Å²) in [5.74, 6) is 0. The van der Waals surface area contributed by atoms with E-state index >= 15 is 0 Å². The van der Waals surface area contributed by atoms with Crippen LogP contribution in [-0.2, 0) is 29.2 Å². The lowest BCUT2D eigenvalue weighted by Gasteiger charge is -2.24. The number of ether oxygens (including phenoxy) is 2. The van der Waals surface area contributed by atoms with E-state index in [2.05, 4.69) is 17.4 Å². The van der Waals surface area contributed by atoms with Crippen LogP contribution in [0.2, 0.25) is 0 Å². The molecule has 0 aliphatic carbocycles. The van der Waals surface area contributed by atoms with Crippen LogP contribution < -0.4 is 5.32 Å². The van der Waals surface area contributed by atoms with Crippen LogP contribution in [0.25, 0.3) is 0 Å². The maximum Gasteiger partial charge on any atom is 0.0948 e. The summed E-state index contributed by atoms with van der Waals surface area (Å²) in [5, 5.41) is 14.1. The SMILES string of the molecule is O[C@@H](COCc1ccccc1)[C@@H](COCc1ccccc1)NCc1ccccc1. The molecular weight excluding hydrogens is 362 g/mol. The smallest absolute Gasteiger partial charge is 0.0948 e. The number of rotatable bonds is 12. The van der Waals surface area contributed by atoms with Crippen molar-refractivity contribution >= 4 is 0 Å². The van der Waals surface area contributed by atoms with Crippen LogP contribution in [-0.4, -0.2) is 30.5 Å². The van der Waals surface area contributed by atoms with Gasteiger partial charge in [-0.05, 0) is 16.7 Å². The lowest BCUT2D eigenvalue weighted by molar-refractivity contribution is -0.0168. The first-order chi connectivity index (χ1) is 14.3. The van der Waals surface area contributed by atoms with E-state index in [1.165, 1.54) is 0 Å².